The van der Waals surface area contributed by atoms with Crippen molar-refractivity contribution in [3.8, 4) is 5.75 Å². The molecule has 0 radical (unpaired) electrons. The molecule has 0 aromatic carbocycles. The normalized spacial score (nSPS) is 8.50. The van der Waals surface area contributed by atoms with Gasteiger partial charge in [0.15, 0.2) is 5.75 Å². The van der Waals surface area contributed by atoms with E-state index in [0.717, 1.165) is 0 Å². The van der Waals surface area contributed by atoms with Crippen LogP contribution in [0, 0.1) is 0 Å². The van der Waals surface area contributed by atoms with Gasteiger partial charge in [0.05, 0.1) is 11.6 Å². The molecule has 0 aliphatic carbocycles. The predicted molar refractivity (Wildman–Crippen MR) is 28.8 cm³/mol. The SMILES string of the molecule is O=COc1cnsc1. The summed E-state index contributed by atoms with van der Waals surface area (Å²) in [5.41, 5.74) is 0. The van der Waals surface area contributed by atoms with E-state index >= 15 is 0 Å². The van der Waals surface area contributed by atoms with Gasteiger partial charge in [-0.05, 0) is 11.5 Å². The van der Waals surface area contributed by atoms with E-state index in [2.05, 4.69) is 9.11 Å². The Morgan fingerprint density at radius 3 is 3.25 bits per heavy atom. The van der Waals surface area contributed by atoms with Crippen molar-refractivity contribution >= 4 is 18.0 Å². The van der Waals surface area contributed by atoms with Gasteiger partial charge in [0, 0.05) is 0 Å². The molecule has 0 unspecified atom stereocenters. The first-order valence-electron chi connectivity index (χ1n) is 1.93. The number of nitrogens with zero attached hydrogens (tertiary/aromatic N) is 1. The maximum atomic E-state index is 9.63. The number of rotatable bonds is 2. The molecule has 0 amide bonds. The van der Waals surface area contributed by atoms with Crippen LogP contribution in [0.25, 0.3) is 0 Å². The van der Waals surface area contributed by atoms with Gasteiger partial charge in [-0.2, -0.15) is 4.37 Å². The molecule has 1 aromatic heterocycles. The molecule has 1 aromatic rings. The second-order valence-corrected chi connectivity index (χ2v) is 1.73. The largest absolute Gasteiger partial charge is 0.426 e. The number of aromatic nitrogens is 1. The highest BCUT2D eigenvalue weighted by Crippen LogP contribution is 2.09. The van der Waals surface area contributed by atoms with E-state index in [0.29, 0.717) is 12.2 Å². The molecule has 1 heterocycles. The Morgan fingerprint density at radius 2 is 2.75 bits per heavy atom. The monoisotopic (exact) mass is 129 g/mol. The third kappa shape index (κ3) is 1.04. The molecule has 0 fully saturated rings. The van der Waals surface area contributed by atoms with E-state index in [-0.39, 0.29) is 0 Å². The highest BCUT2D eigenvalue weighted by molar-refractivity contribution is 7.03. The molecule has 8 heavy (non-hydrogen) atoms. The lowest BCUT2D eigenvalue weighted by Crippen LogP contribution is -1.83. The van der Waals surface area contributed by atoms with Crippen LogP contribution in [0.1, 0.15) is 0 Å². The third-order valence-corrected chi connectivity index (χ3v) is 1.16. The van der Waals surface area contributed by atoms with Gasteiger partial charge in [-0.15, -0.1) is 0 Å². The number of hydrogen-bond donors (Lipinski definition) is 0. The van der Waals surface area contributed by atoms with Crippen molar-refractivity contribution in [2.24, 2.45) is 0 Å². The van der Waals surface area contributed by atoms with Crippen LogP contribution in [0.2, 0.25) is 0 Å². The molecule has 0 N–H and O–H groups in total. The molecule has 0 aliphatic rings. The lowest BCUT2D eigenvalue weighted by atomic mass is 10.7. The van der Waals surface area contributed by atoms with Crippen molar-refractivity contribution in [1.29, 1.82) is 0 Å². The van der Waals surface area contributed by atoms with Crippen molar-refractivity contribution < 1.29 is 9.53 Å². The van der Waals surface area contributed by atoms with Gasteiger partial charge < -0.3 is 4.74 Å². The van der Waals surface area contributed by atoms with Gasteiger partial charge in [0.2, 0.25) is 0 Å². The van der Waals surface area contributed by atoms with E-state index in [9.17, 15) is 4.79 Å². The molecule has 3 nitrogen and oxygen atoms in total. The molecule has 4 heteroatoms. The van der Waals surface area contributed by atoms with Gasteiger partial charge in [-0.25, -0.2) is 0 Å². The zero-order valence-corrected chi connectivity index (χ0v) is 4.72. The summed E-state index contributed by atoms with van der Waals surface area (Å²) in [6.07, 6.45) is 1.49. The number of hydrogen-bond acceptors (Lipinski definition) is 4. The fourth-order valence-corrected chi connectivity index (χ4v) is 0.755. The van der Waals surface area contributed by atoms with Crippen LogP contribution in [0.3, 0.4) is 0 Å². The van der Waals surface area contributed by atoms with E-state index in [4.69, 9.17) is 0 Å². The first-order valence-corrected chi connectivity index (χ1v) is 2.77. The minimum Gasteiger partial charge on any atom is -0.426 e. The van der Waals surface area contributed by atoms with Crippen LogP contribution < -0.4 is 4.74 Å². The number of carbonyl (C=O) groups is 1. The Bertz CT molecular complexity index is 161. The van der Waals surface area contributed by atoms with Crippen LogP contribution in [0.15, 0.2) is 11.6 Å². The zero-order chi connectivity index (χ0) is 5.82. The summed E-state index contributed by atoms with van der Waals surface area (Å²) in [5.74, 6) is 0.505. The fraction of sp³-hybridized carbons (Fsp3) is 0. The maximum absolute atomic E-state index is 9.63. The Labute approximate surface area is 50.1 Å². The quantitative estimate of drug-likeness (QED) is 0.551. The molecule has 42 valence electrons. The molecule has 0 aliphatic heterocycles. The molecular weight excluding hydrogens is 126 g/mol. The van der Waals surface area contributed by atoms with Gasteiger partial charge in [-0.3, -0.25) is 4.79 Å². The van der Waals surface area contributed by atoms with Crippen LogP contribution in [-0.2, 0) is 4.79 Å². The molecule has 0 bridgehead atoms. The summed E-state index contributed by atoms with van der Waals surface area (Å²) in [4.78, 5) is 9.63. The van der Waals surface area contributed by atoms with Crippen molar-refractivity contribution in [2.45, 2.75) is 0 Å². The second kappa shape index (κ2) is 2.42. The van der Waals surface area contributed by atoms with E-state index in [1.807, 2.05) is 0 Å². The Balaban J connectivity index is 2.62. The maximum Gasteiger partial charge on any atom is 0.298 e. The average molecular weight is 129 g/mol. The van der Waals surface area contributed by atoms with E-state index in [1.54, 1.807) is 5.38 Å². The molecule has 1 rings (SSSR count). The molecular formula is C4H3NO2S. The zero-order valence-electron chi connectivity index (χ0n) is 3.90. The predicted octanol–water partition coefficient (Wildman–Crippen LogP) is 0.678. The van der Waals surface area contributed by atoms with Crippen molar-refractivity contribution in [3.63, 3.8) is 0 Å². The van der Waals surface area contributed by atoms with Gasteiger partial charge >= 0.3 is 0 Å². The first kappa shape index (κ1) is 5.24. The molecule has 0 spiro atoms. The minimum atomic E-state index is 0.379. The third-order valence-electron chi connectivity index (χ3n) is 0.594. The van der Waals surface area contributed by atoms with Crippen LogP contribution >= 0.6 is 11.5 Å². The van der Waals surface area contributed by atoms with Crippen LogP contribution in [0.5, 0.6) is 5.75 Å². The average Bonchev–Trinajstić information content (AvgIpc) is 2.19. The highest BCUT2D eigenvalue weighted by Gasteiger charge is 1.88. The van der Waals surface area contributed by atoms with E-state index in [1.165, 1.54) is 17.7 Å². The number of ether oxygens (including phenoxy) is 1. The van der Waals surface area contributed by atoms with Gasteiger partial charge in [-0.1, -0.05) is 0 Å². The Kier molecular flexibility index (Phi) is 1.58. The summed E-state index contributed by atoms with van der Waals surface area (Å²) < 4.78 is 8.11. The molecule has 0 saturated heterocycles. The summed E-state index contributed by atoms with van der Waals surface area (Å²) in [7, 11) is 0. The van der Waals surface area contributed by atoms with Crippen LogP contribution in [-0.4, -0.2) is 10.8 Å². The van der Waals surface area contributed by atoms with Gasteiger partial charge in [0.25, 0.3) is 6.47 Å². The Hall–Kier alpha value is -0.900. The lowest BCUT2D eigenvalue weighted by Gasteiger charge is -1.83. The highest BCUT2D eigenvalue weighted by atomic mass is 32.1. The smallest absolute Gasteiger partial charge is 0.298 e. The van der Waals surface area contributed by atoms with Crippen molar-refractivity contribution in [3.05, 3.63) is 11.6 Å². The minimum absolute atomic E-state index is 0.379. The second-order valence-electron chi connectivity index (χ2n) is 1.07. The van der Waals surface area contributed by atoms with Crippen molar-refractivity contribution in [1.82, 2.24) is 4.37 Å². The summed E-state index contributed by atoms with van der Waals surface area (Å²) >= 11 is 1.25. The molecule has 0 saturated carbocycles. The fourth-order valence-electron chi connectivity index (χ4n) is 0.309. The number of carbonyl (C=O) groups excluding carboxylic acids is 1. The summed E-state index contributed by atoms with van der Waals surface area (Å²) in [6.45, 7) is 0.379. The van der Waals surface area contributed by atoms with Crippen molar-refractivity contribution in [2.75, 3.05) is 0 Å². The van der Waals surface area contributed by atoms with E-state index < -0.39 is 0 Å². The molecule has 0 atom stereocenters. The lowest BCUT2D eigenvalue weighted by molar-refractivity contribution is -0.120. The first-order chi connectivity index (χ1) is 3.93. The van der Waals surface area contributed by atoms with Crippen LogP contribution in [0.4, 0.5) is 0 Å². The Morgan fingerprint density at radius 1 is 1.88 bits per heavy atom. The van der Waals surface area contributed by atoms with Gasteiger partial charge in [0.1, 0.15) is 0 Å². The topological polar surface area (TPSA) is 39.2 Å². The summed E-state index contributed by atoms with van der Waals surface area (Å²) in [5, 5.41) is 1.65. The standard InChI is InChI=1S/C4H3NO2S/c6-3-7-4-1-5-8-2-4/h1-3H. The summed E-state index contributed by atoms with van der Waals surface area (Å²) in [6, 6.07) is 0.